The van der Waals surface area contributed by atoms with Gasteiger partial charge in [-0.3, -0.25) is 4.79 Å². The van der Waals surface area contributed by atoms with E-state index >= 15 is 0 Å². The summed E-state index contributed by atoms with van der Waals surface area (Å²) in [6.07, 6.45) is 3.35. The van der Waals surface area contributed by atoms with Gasteiger partial charge in [0, 0.05) is 18.8 Å². The zero-order valence-electron chi connectivity index (χ0n) is 16.1. The van der Waals surface area contributed by atoms with Crippen molar-refractivity contribution in [3.05, 3.63) is 54.1 Å². The SMILES string of the molecule is CCc1ccc(OCC(=O)Nc2ccc(OC3CCN(C)CC3)cc2)cc1. The third-order valence-corrected chi connectivity index (χ3v) is 4.81. The van der Waals surface area contributed by atoms with Crippen LogP contribution in [0.1, 0.15) is 25.3 Å². The Morgan fingerprint density at radius 1 is 1.04 bits per heavy atom. The molecule has 0 aliphatic carbocycles. The number of hydrogen-bond acceptors (Lipinski definition) is 4. The van der Waals surface area contributed by atoms with Crippen LogP contribution in [-0.2, 0) is 11.2 Å². The number of nitrogens with zero attached hydrogens (tertiary/aromatic N) is 1. The third kappa shape index (κ3) is 6.00. The van der Waals surface area contributed by atoms with Crippen LogP contribution in [0, 0.1) is 0 Å². The maximum Gasteiger partial charge on any atom is 0.262 e. The molecular formula is C22H28N2O3. The van der Waals surface area contributed by atoms with Crippen LogP contribution in [0.5, 0.6) is 11.5 Å². The van der Waals surface area contributed by atoms with Gasteiger partial charge in [-0.15, -0.1) is 0 Å². The summed E-state index contributed by atoms with van der Waals surface area (Å²) < 4.78 is 11.6. The Hall–Kier alpha value is -2.53. The van der Waals surface area contributed by atoms with E-state index in [1.54, 1.807) is 0 Å². The predicted octanol–water partition coefficient (Wildman–Crippen LogP) is 3.74. The monoisotopic (exact) mass is 368 g/mol. The van der Waals surface area contributed by atoms with E-state index in [0.29, 0.717) is 5.75 Å². The molecule has 2 aromatic carbocycles. The molecule has 0 aromatic heterocycles. The fraction of sp³-hybridized carbons (Fsp3) is 0.409. The van der Waals surface area contributed by atoms with E-state index < -0.39 is 0 Å². The summed E-state index contributed by atoms with van der Waals surface area (Å²) in [6.45, 7) is 4.23. The highest BCUT2D eigenvalue weighted by Gasteiger charge is 2.17. The highest BCUT2D eigenvalue weighted by atomic mass is 16.5. The van der Waals surface area contributed by atoms with E-state index in [-0.39, 0.29) is 18.6 Å². The lowest BCUT2D eigenvalue weighted by Crippen LogP contribution is -2.35. The average Bonchev–Trinajstić information content (AvgIpc) is 2.70. The normalized spacial score (nSPS) is 15.3. The molecule has 5 heteroatoms. The number of ether oxygens (including phenoxy) is 2. The summed E-state index contributed by atoms with van der Waals surface area (Å²) in [5, 5.41) is 2.85. The van der Waals surface area contributed by atoms with Crippen molar-refractivity contribution in [2.45, 2.75) is 32.3 Å². The second-order valence-corrected chi connectivity index (χ2v) is 6.98. The number of carbonyl (C=O) groups excluding carboxylic acids is 1. The summed E-state index contributed by atoms with van der Waals surface area (Å²) in [4.78, 5) is 14.4. The molecule has 1 heterocycles. The zero-order valence-corrected chi connectivity index (χ0v) is 16.1. The molecule has 1 aliphatic heterocycles. The number of rotatable bonds is 7. The van der Waals surface area contributed by atoms with Crippen molar-refractivity contribution in [1.82, 2.24) is 4.90 Å². The summed E-state index contributed by atoms with van der Waals surface area (Å²) >= 11 is 0. The molecular weight excluding hydrogens is 340 g/mol. The van der Waals surface area contributed by atoms with Crippen LogP contribution < -0.4 is 14.8 Å². The molecule has 0 spiro atoms. The van der Waals surface area contributed by atoms with Gasteiger partial charge in [-0.05, 0) is 68.3 Å². The smallest absolute Gasteiger partial charge is 0.262 e. The van der Waals surface area contributed by atoms with Gasteiger partial charge in [0.05, 0.1) is 0 Å². The molecule has 0 bridgehead atoms. The molecule has 1 saturated heterocycles. The average molecular weight is 368 g/mol. The van der Waals surface area contributed by atoms with Crippen molar-refractivity contribution < 1.29 is 14.3 Å². The molecule has 1 N–H and O–H groups in total. The molecule has 144 valence electrons. The van der Waals surface area contributed by atoms with Gasteiger partial charge in [-0.1, -0.05) is 19.1 Å². The molecule has 3 rings (SSSR count). The van der Waals surface area contributed by atoms with E-state index in [0.717, 1.165) is 43.8 Å². The van der Waals surface area contributed by atoms with E-state index in [2.05, 4.69) is 24.2 Å². The molecule has 0 atom stereocenters. The first-order valence-corrected chi connectivity index (χ1v) is 9.59. The number of piperidine rings is 1. The first-order chi connectivity index (χ1) is 13.1. The molecule has 1 amide bonds. The van der Waals surface area contributed by atoms with Crippen molar-refractivity contribution in [2.75, 3.05) is 32.1 Å². The van der Waals surface area contributed by atoms with E-state index in [1.165, 1.54) is 5.56 Å². The number of carbonyl (C=O) groups is 1. The second-order valence-electron chi connectivity index (χ2n) is 6.98. The van der Waals surface area contributed by atoms with Crippen LogP contribution in [0.4, 0.5) is 5.69 Å². The van der Waals surface area contributed by atoms with Gasteiger partial charge in [-0.2, -0.15) is 0 Å². The Balaban J connectivity index is 1.43. The fourth-order valence-electron chi connectivity index (χ4n) is 3.08. The Morgan fingerprint density at radius 3 is 2.30 bits per heavy atom. The van der Waals surface area contributed by atoms with Crippen molar-refractivity contribution in [3.8, 4) is 11.5 Å². The predicted molar refractivity (Wildman–Crippen MR) is 108 cm³/mol. The maximum atomic E-state index is 12.1. The van der Waals surface area contributed by atoms with Crippen LogP contribution in [0.15, 0.2) is 48.5 Å². The van der Waals surface area contributed by atoms with Gasteiger partial charge in [-0.25, -0.2) is 0 Å². The summed E-state index contributed by atoms with van der Waals surface area (Å²) in [5.41, 5.74) is 1.98. The number of anilines is 1. The summed E-state index contributed by atoms with van der Waals surface area (Å²) in [6, 6.07) is 15.3. The minimum absolute atomic E-state index is 0.0146. The molecule has 5 nitrogen and oxygen atoms in total. The third-order valence-electron chi connectivity index (χ3n) is 4.81. The van der Waals surface area contributed by atoms with Gasteiger partial charge < -0.3 is 19.7 Å². The highest BCUT2D eigenvalue weighted by Crippen LogP contribution is 2.21. The number of aryl methyl sites for hydroxylation is 1. The molecule has 0 saturated carbocycles. The number of benzene rings is 2. The largest absolute Gasteiger partial charge is 0.490 e. The number of amides is 1. The van der Waals surface area contributed by atoms with E-state index in [1.807, 2.05) is 48.5 Å². The quantitative estimate of drug-likeness (QED) is 0.809. The Morgan fingerprint density at radius 2 is 1.67 bits per heavy atom. The van der Waals surface area contributed by atoms with Gasteiger partial charge in [0.25, 0.3) is 5.91 Å². The van der Waals surface area contributed by atoms with Crippen LogP contribution in [0.3, 0.4) is 0 Å². The van der Waals surface area contributed by atoms with Crippen molar-refractivity contribution >= 4 is 11.6 Å². The minimum Gasteiger partial charge on any atom is -0.490 e. The molecule has 1 fully saturated rings. The molecule has 0 radical (unpaired) electrons. The molecule has 2 aromatic rings. The molecule has 1 aliphatic rings. The van der Waals surface area contributed by atoms with Gasteiger partial charge in [0.1, 0.15) is 17.6 Å². The Kier molecular flexibility index (Phi) is 6.71. The van der Waals surface area contributed by atoms with Crippen LogP contribution in [-0.4, -0.2) is 43.7 Å². The summed E-state index contributed by atoms with van der Waals surface area (Å²) in [7, 11) is 2.14. The van der Waals surface area contributed by atoms with Crippen LogP contribution in [0.25, 0.3) is 0 Å². The maximum absolute atomic E-state index is 12.1. The van der Waals surface area contributed by atoms with Crippen LogP contribution >= 0.6 is 0 Å². The first-order valence-electron chi connectivity index (χ1n) is 9.59. The van der Waals surface area contributed by atoms with Gasteiger partial charge in [0.15, 0.2) is 6.61 Å². The lowest BCUT2D eigenvalue weighted by Gasteiger charge is -2.29. The number of likely N-dealkylation sites (tertiary alicyclic amines) is 1. The second kappa shape index (κ2) is 9.42. The van der Waals surface area contributed by atoms with Crippen molar-refractivity contribution in [1.29, 1.82) is 0 Å². The lowest BCUT2D eigenvalue weighted by molar-refractivity contribution is -0.118. The van der Waals surface area contributed by atoms with Crippen LogP contribution in [0.2, 0.25) is 0 Å². The van der Waals surface area contributed by atoms with Gasteiger partial charge in [0.2, 0.25) is 0 Å². The molecule has 27 heavy (non-hydrogen) atoms. The topological polar surface area (TPSA) is 50.8 Å². The lowest BCUT2D eigenvalue weighted by atomic mass is 10.1. The van der Waals surface area contributed by atoms with Gasteiger partial charge >= 0.3 is 0 Å². The Bertz CT molecular complexity index is 720. The molecule has 0 unspecified atom stereocenters. The fourth-order valence-corrected chi connectivity index (χ4v) is 3.08. The van der Waals surface area contributed by atoms with Crippen molar-refractivity contribution in [2.24, 2.45) is 0 Å². The van der Waals surface area contributed by atoms with E-state index in [9.17, 15) is 4.79 Å². The van der Waals surface area contributed by atoms with Crippen molar-refractivity contribution in [3.63, 3.8) is 0 Å². The number of hydrogen-bond donors (Lipinski definition) is 1. The zero-order chi connectivity index (χ0) is 19.1. The number of nitrogens with one attached hydrogen (secondary N) is 1. The summed E-state index contributed by atoms with van der Waals surface area (Å²) in [5.74, 6) is 1.36. The standard InChI is InChI=1S/C22H28N2O3/c1-3-17-4-8-19(9-5-17)26-16-22(25)23-18-6-10-20(11-7-18)27-21-12-14-24(2)15-13-21/h4-11,21H,3,12-16H2,1-2H3,(H,23,25). The Labute approximate surface area is 161 Å². The van der Waals surface area contributed by atoms with E-state index in [4.69, 9.17) is 9.47 Å². The highest BCUT2D eigenvalue weighted by molar-refractivity contribution is 5.91. The first kappa shape index (κ1) is 19.2. The minimum atomic E-state index is -0.182.